The monoisotopic (exact) mass is 374 g/mol. The third kappa shape index (κ3) is 3.50. The van der Waals surface area contributed by atoms with Crippen molar-refractivity contribution in [2.24, 2.45) is 0 Å². The van der Waals surface area contributed by atoms with Gasteiger partial charge in [0, 0.05) is 18.9 Å². The zero-order valence-electron chi connectivity index (χ0n) is 11.7. The molecule has 8 heteroatoms. The third-order valence-corrected chi connectivity index (χ3v) is 4.45. The predicted octanol–water partition coefficient (Wildman–Crippen LogP) is 2.03. The number of methoxy groups -OCH3 is 1. The first-order chi connectivity index (χ1) is 10.1. The number of nitrogens with one attached hydrogen (secondary N) is 1. The number of esters is 1. The number of aromatic nitrogens is 2. The number of carbonyl (C=O) groups excluding carboxylic acids is 1. The largest absolute Gasteiger partial charge is 0.459 e. The van der Waals surface area contributed by atoms with Crippen LogP contribution in [0.2, 0.25) is 0 Å². The van der Waals surface area contributed by atoms with Gasteiger partial charge in [0.1, 0.15) is 22.1 Å². The molecule has 2 heterocycles. The molecule has 6 nitrogen and oxygen atoms in total. The molecule has 0 atom stereocenters. The summed E-state index contributed by atoms with van der Waals surface area (Å²) in [6.45, 7) is 2.25. The van der Waals surface area contributed by atoms with Crippen LogP contribution in [0.3, 0.4) is 0 Å². The molecule has 2 rings (SSSR count). The smallest absolute Gasteiger partial charge is 0.348 e. The molecule has 0 fully saturated rings. The van der Waals surface area contributed by atoms with Crippen LogP contribution in [0.5, 0.6) is 0 Å². The fourth-order valence-electron chi connectivity index (χ4n) is 1.87. The van der Waals surface area contributed by atoms with Crippen molar-refractivity contribution in [1.29, 1.82) is 0 Å². The Bertz CT molecular complexity index is 710. The molecule has 0 saturated carbocycles. The lowest BCUT2D eigenvalue weighted by atomic mass is 10.2. The van der Waals surface area contributed by atoms with E-state index in [9.17, 15) is 9.59 Å². The standard InChI is InChI=1S/C13H15BrN2O4S/c1-7-9-11(17)15-8(3-4-14)16-12(9)21-10(7)13(18)20-6-5-19-2/h3-6H2,1-2H3,(H,15,16,17). The molecule has 0 aliphatic heterocycles. The van der Waals surface area contributed by atoms with Gasteiger partial charge >= 0.3 is 5.97 Å². The highest BCUT2D eigenvalue weighted by atomic mass is 79.9. The molecule has 0 saturated heterocycles. The maximum Gasteiger partial charge on any atom is 0.348 e. The van der Waals surface area contributed by atoms with E-state index in [-0.39, 0.29) is 12.2 Å². The number of nitrogens with zero attached hydrogens (tertiary/aromatic N) is 1. The van der Waals surface area contributed by atoms with Gasteiger partial charge in [-0.15, -0.1) is 11.3 Å². The zero-order chi connectivity index (χ0) is 15.4. The third-order valence-electron chi connectivity index (χ3n) is 2.89. The Balaban J connectivity index is 2.38. The van der Waals surface area contributed by atoms with Crippen LogP contribution in [0.15, 0.2) is 4.79 Å². The van der Waals surface area contributed by atoms with E-state index in [4.69, 9.17) is 9.47 Å². The maximum absolute atomic E-state index is 12.1. The van der Waals surface area contributed by atoms with Gasteiger partial charge in [0.25, 0.3) is 5.56 Å². The van der Waals surface area contributed by atoms with Gasteiger partial charge in [-0.2, -0.15) is 0 Å². The van der Waals surface area contributed by atoms with Crippen molar-refractivity contribution in [3.8, 4) is 0 Å². The fraction of sp³-hybridized carbons (Fsp3) is 0.462. The van der Waals surface area contributed by atoms with E-state index in [1.807, 2.05) is 0 Å². The molecule has 0 aliphatic rings. The van der Waals surface area contributed by atoms with Crippen LogP contribution in [0.1, 0.15) is 21.1 Å². The van der Waals surface area contributed by atoms with Crippen molar-refractivity contribution in [2.45, 2.75) is 13.3 Å². The number of thiophene rings is 1. The number of fused-ring (bicyclic) bond motifs is 1. The summed E-state index contributed by atoms with van der Waals surface area (Å²) in [5, 5.41) is 1.16. The number of halogens is 1. The van der Waals surface area contributed by atoms with E-state index in [1.165, 1.54) is 18.4 Å². The van der Waals surface area contributed by atoms with Gasteiger partial charge in [0.15, 0.2) is 0 Å². The Hall–Kier alpha value is -1.25. The van der Waals surface area contributed by atoms with E-state index in [1.54, 1.807) is 6.92 Å². The SMILES string of the molecule is COCCOC(=O)c1sc2nc(CCBr)[nH]c(=O)c2c1C. The maximum atomic E-state index is 12.1. The van der Waals surface area contributed by atoms with E-state index < -0.39 is 5.97 Å². The normalized spacial score (nSPS) is 11.0. The Morgan fingerprint density at radius 2 is 2.19 bits per heavy atom. The molecular formula is C13H15BrN2O4S. The summed E-state index contributed by atoms with van der Waals surface area (Å²) in [5.74, 6) is 0.152. The second kappa shape index (κ2) is 7.15. The molecule has 0 radical (unpaired) electrons. The summed E-state index contributed by atoms with van der Waals surface area (Å²) >= 11 is 4.49. The molecule has 0 aliphatic carbocycles. The van der Waals surface area contributed by atoms with Crippen molar-refractivity contribution in [2.75, 3.05) is 25.7 Å². The highest BCUT2D eigenvalue weighted by molar-refractivity contribution is 9.09. The highest BCUT2D eigenvalue weighted by Crippen LogP contribution is 2.27. The molecular weight excluding hydrogens is 360 g/mol. The summed E-state index contributed by atoms with van der Waals surface area (Å²) in [5.41, 5.74) is 0.386. The van der Waals surface area contributed by atoms with Gasteiger partial charge in [-0.1, -0.05) is 15.9 Å². The van der Waals surface area contributed by atoms with Crippen molar-refractivity contribution in [3.05, 3.63) is 26.6 Å². The number of hydrogen-bond acceptors (Lipinski definition) is 6. The lowest BCUT2D eigenvalue weighted by molar-refractivity contribution is 0.0393. The lowest BCUT2D eigenvalue weighted by Gasteiger charge is -2.02. The molecule has 21 heavy (non-hydrogen) atoms. The minimum atomic E-state index is -0.450. The number of rotatable bonds is 6. The Morgan fingerprint density at radius 3 is 2.86 bits per heavy atom. The second-order valence-corrected chi connectivity index (χ2v) is 6.11. The quantitative estimate of drug-likeness (QED) is 0.475. The molecule has 2 aromatic rings. The van der Waals surface area contributed by atoms with Crippen LogP contribution in [-0.4, -0.2) is 41.6 Å². The molecule has 2 aromatic heterocycles. The molecule has 0 amide bonds. The minimum Gasteiger partial charge on any atom is -0.459 e. The number of hydrogen-bond donors (Lipinski definition) is 1. The molecule has 114 valence electrons. The number of aryl methyl sites for hydroxylation is 2. The average Bonchev–Trinajstić information content (AvgIpc) is 2.77. The topological polar surface area (TPSA) is 81.3 Å². The second-order valence-electron chi connectivity index (χ2n) is 4.32. The first-order valence-electron chi connectivity index (χ1n) is 6.32. The average molecular weight is 375 g/mol. The first kappa shape index (κ1) is 16.1. The van der Waals surface area contributed by atoms with Crippen molar-refractivity contribution >= 4 is 43.5 Å². The zero-order valence-corrected chi connectivity index (χ0v) is 14.1. The number of alkyl halides is 1. The predicted molar refractivity (Wildman–Crippen MR) is 84.6 cm³/mol. The number of ether oxygens (including phenoxy) is 2. The van der Waals surface area contributed by atoms with E-state index in [0.29, 0.717) is 44.8 Å². The van der Waals surface area contributed by atoms with Gasteiger partial charge in [0.2, 0.25) is 0 Å². The summed E-state index contributed by atoms with van der Waals surface area (Å²) in [4.78, 5) is 32.2. The van der Waals surface area contributed by atoms with Crippen LogP contribution < -0.4 is 5.56 Å². The molecule has 0 aromatic carbocycles. The lowest BCUT2D eigenvalue weighted by Crippen LogP contribution is -2.12. The summed E-state index contributed by atoms with van der Waals surface area (Å²) in [6, 6.07) is 0. The van der Waals surface area contributed by atoms with E-state index in [0.717, 1.165) is 0 Å². The van der Waals surface area contributed by atoms with Crippen LogP contribution in [0.4, 0.5) is 0 Å². The van der Waals surface area contributed by atoms with Crippen LogP contribution in [0.25, 0.3) is 10.2 Å². The van der Waals surface area contributed by atoms with Gasteiger partial charge in [0.05, 0.1) is 12.0 Å². The summed E-state index contributed by atoms with van der Waals surface area (Å²) in [7, 11) is 1.54. The van der Waals surface area contributed by atoms with Gasteiger partial charge in [-0.05, 0) is 12.5 Å². The molecule has 0 unspecified atom stereocenters. The number of H-pyrrole nitrogens is 1. The van der Waals surface area contributed by atoms with Crippen molar-refractivity contribution < 1.29 is 14.3 Å². The minimum absolute atomic E-state index is 0.182. The van der Waals surface area contributed by atoms with Crippen molar-refractivity contribution in [3.63, 3.8) is 0 Å². The Labute approximate surface area is 133 Å². The molecule has 1 N–H and O–H groups in total. The van der Waals surface area contributed by atoms with Crippen LogP contribution in [-0.2, 0) is 15.9 Å². The van der Waals surface area contributed by atoms with Crippen LogP contribution >= 0.6 is 27.3 Å². The highest BCUT2D eigenvalue weighted by Gasteiger charge is 2.20. The van der Waals surface area contributed by atoms with Gasteiger partial charge in [-0.3, -0.25) is 4.79 Å². The van der Waals surface area contributed by atoms with Crippen LogP contribution in [0, 0.1) is 6.92 Å². The van der Waals surface area contributed by atoms with E-state index in [2.05, 4.69) is 25.9 Å². The molecule has 0 bridgehead atoms. The molecule has 0 spiro atoms. The van der Waals surface area contributed by atoms with Crippen molar-refractivity contribution in [1.82, 2.24) is 9.97 Å². The number of carbonyl (C=O) groups is 1. The van der Waals surface area contributed by atoms with Gasteiger partial charge < -0.3 is 14.5 Å². The Morgan fingerprint density at radius 1 is 1.43 bits per heavy atom. The Kier molecular flexibility index (Phi) is 5.49. The first-order valence-corrected chi connectivity index (χ1v) is 8.26. The van der Waals surface area contributed by atoms with E-state index >= 15 is 0 Å². The number of aromatic amines is 1. The van der Waals surface area contributed by atoms with Gasteiger partial charge in [-0.25, -0.2) is 9.78 Å². The summed E-state index contributed by atoms with van der Waals surface area (Å²) in [6.07, 6.45) is 0.621. The fourth-order valence-corrected chi connectivity index (χ4v) is 3.34. The summed E-state index contributed by atoms with van der Waals surface area (Å²) < 4.78 is 9.93.